The van der Waals surface area contributed by atoms with Gasteiger partial charge in [0.05, 0.1) is 6.61 Å². The summed E-state index contributed by atoms with van der Waals surface area (Å²) in [6.45, 7) is 8.41. The Morgan fingerprint density at radius 1 is 1.32 bits per heavy atom. The fourth-order valence-electron chi connectivity index (χ4n) is 3.11. The molecule has 1 rings (SSSR count). The van der Waals surface area contributed by atoms with Gasteiger partial charge in [-0.05, 0) is 37.5 Å². The molecule has 4 unspecified atom stereocenters. The maximum atomic E-state index is 12.4. The van der Waals surface area contributed by atoms with E-state index >= 15 is 0 Å². The molecule has 0 amide bonds. The van der Waals surface area contributed by atoms with Crippen LogP contribution in [-0.4, -0.2) is 24.4 Å². The summed E-state index contributed by atoms with van der Waals surface area (Å²) < 4.78 is 4.85. The molecule has 0 aromatic carbocycles. The first kappa shape index (κ1) is 16.2. The SMILES string of the molecule is CCOC(=O)C(N)C(=O)C1CC(C)CCC1C(C)C. The maximum Gasteiger partial charge on any atom is 0.330 e. The summed E-state index contributed by atoms with van der Waals surface area (Å²) in [6, 6.07) is -1.11. The van der Waals surface area contributed by atoms with Gasteiger partial charge in [-0.25, -0.2) is 4.79 Å². The van der Waals surface area contributed by atoms with Crippen LogP contribution >= 0.6 is 0 Å². The van der Waals surface area contributed by atoms with Gasteiger partial charge in [-0.15, -0.1) is 0 Å². The van der Waals surface area contributed by atoms with Crippen molar-refractivity contribution in [2.45, 2.75) is 53.0 Å². The first-order valence-corrected chi connectivity index (χ1v) is 7.34. The van der Waals surface area contributed by atoms with Gasteiger partial charge in [0.2, 0.25) is 0 Å². The average Bonchev–Trinajstić information content (AvgIpc) is 2.36. The van der Waals surface area contributed by atoms with Crippen LogP contribution in [-0.2, 0) is 14.3 Å². The average molecular weight is 269 g/mol. The quantitative estimate of drug-likeness (QED) is 0.613. The molecule has 0 bridgehead atoms. The highest BCUT2D eigenvalue weighted by Crippen LogP contribution is 2.38. The third-order valence-corrected chi connectivity index (χ3v) is 4.23. The molecule has 0 aromatic heterocycles. The summed E-state index contributed by atoms with van der Waals surface area (Å²) in [4.78, 5) is 24.1. The van der Waals surface area contributed by atoms with E-state index in [1.54, 1.807) is 6.92 Å². The van der Waals surface area contributed by atoms with Crippen molar-refractivity contribution in [3.8, 4) is 0 Å². The Morgan fingerprint density at radius 3 is 2.47 bits per heavy atom. The monoisotopic (exact) mass is 269 g/mol. The maximum absolute atomic E-state index is 12.4. The second-order valence-electron chi connectivity index (χ2n) is 6.06. The number of carbonyl (C=O) groups excluding carboxylic acids is 2. The largest absolute Gasteiger partial charge is 0.464 e. The van der Waals surface area contributed by atoms with Crippen molar-refractivity contribution in [1.82, 2.24) is 0 Å². The molecule has 0 aliphatic heterocycles. The number of hydrogen-bond donors (Lipinski definition) is 1. The molecule has 1 aliphatic carbocycles. The highest BCUT2D eigenvalue weighted by molar-refractivity contribution is 6.04. The molecule has 1 aliphatic rings. The van der Waals surface area contributed by atoms with Crippen molar-refractivity contribution in [1.29, 1.82) is 0 Å². The van der Waals surface area contributed by atoms with Gasteiger partial charge in [-0.3, -0.25) is 4.79 Å². The number of esters is 1. The summed E-state index contributed by atoms with van der Waals surface area (Å²) in [7, 11) is 0. The Morgan fingerprint density at radius 2 is 1.95 bits per heavy atom. The predicted molar refractivity (Wildman–Crippen MR) is 74.4 cm³/mol. The summed E-state index contributed by atoms with van der Waals surface area (Å²) in [5.41, 5.74) is 5.76. The molecule has 4 nitrogen and oxygen atoms in total. The van der Waals surface area contributed by atoms with Crippen LogP contribution in [0.4, 0.5) is 0 Å². The normalized spacial score (nSPS) is 29.1. The van der Waals surface area contributed by atoms with Crippen LogP contribution in [0.1, 0.15) is 47.0 Å². The first-order valence-electron chi connectivity index (χ1n) is 7.34. The van der Waals surface area contributed by atoms with Gasteiger partial charge in [0.1, 0.15) is 0 Å². The van der Waals surface area contributed by atoms with Crippen molar-refractivity contribution >= 4 is 11.8 Å². The van der Waals surface area contributed by atoms with E-state index in [4.69, 9.17) is 10.5 Å². The number of ether oxygens (including phenoxy) is 1. The van der Waals surface area contributed by atoms with Crippen molar-refractivity contribution in [2.24, 2.45) is 29.4 Å². The minimum atomic E-state index is -1.11. The molecule has 4 atom stereocenters. The minimum Gasteiger partial charge on any atom is -0.464 e. The van der Waals surface area contributed by atoms with Crippen molar-refractivity contribution in [3.63, 3.8) is 0 Å². The van der Waals surface area contributed by atoms with Gasteiger partial charge >= 0.3 is 5.97 Å². The fraction of sp³-hybridized carbons (Fsp3) is 0.867. The molecule has 4 heteroatoms. The zero-order chi connectivity index (χ0) is 14.6. The van der Waals surface area contributed by atoms with Crippen LogP contribution in [0.3, 0.4) is 0 Å². The number of hydrogen-bond acceptors (Lipinski definition) is 4. The lowest BCUT2D eigenvalue weighted by Gasteiger charge is -2.37. The Bertz CT molecular complexity index is 327. The number of rotatable bonds is 5. The highest BCUT2D eigenvalue weighted by Gasteiger charge is 2.39. The number of Topliss-reactive ketones (excluding diaryl/α,β-unsaturated/α-hetero) is 1. The van der Waals surface area contributed by atoms with Crippen LogP contribution in [0.2, 0.25) is 0 Å². The molecule has 0 spiro atoms. The van der Waals surface area contributed by atoms with Crippen LogP contribution in [0.25, 0.3) is 0 Å². The molecule has 0 radical (unpaired) electrons. The third-order valence-electron chi connectivity index (χ3n) is 4.23. The zero-order valence-electron chi connectivity index (χ0n) is 12.5. The number of nitrogens with two attached hydrogens (primary N) is 1. The van der Waals surface area contributed by atoms with E-state index in [2.05, 4.69) is 20.8 Å². The molecule has 0 saturated heterocycles. The van der Waals surface area contributed by atoms with Gasteiger partial charge in [-0.2, -0.15) is 0 Å². The Balaban J connectivity index is 2.78. The molecular formula is C15H27NO3. The van der Waals surface area contributed by atoms with Gasteiger partial charge in [0.25, 0.3) is 0 Å². The van der Waals surface area contributed by atoms with Crippen molar-refractivity contribution < 1.29 is 14.3 Å². The van der Waals surface area contributed by atoms with Gasteiger partial charge in [0.15, 0.2) is 11.8 Å². The molecule has 0 heterocycles. The first-order chi connectivity index (χ1) is 8.88. The van der Waals surface area contributed by atoms with E-state index in [9.17, 15) is 9.59 Å². The van der Waals surface area contributed by atoms with Crippen molar-refractivity contribution in [3.05, 3.63) is 0 Å². The molecule has 110 valence electrons. The number of carbonyl (C=O) groups is 2. The lowest BCUT2D eigenvalue weighted by atomic mass is 9.67. The molecule has 1 fully saturated rings. The molecule has 1 saturated carbocycles. The second-order valence-corrected chi connectivity index (χ2v) is 6.06. The highest BCUT2D eigenvalue weighted by atomic mass is 16.5. The predicted octanol–water partition coefficient (Wildman–Crippen LogP) is 2.15. The molecule has 2 N–H and O–H groups in total. The summed E-state index contributed by atoms with van der Waals surface area (Å²) in [5.74, 6) is 0.485. The molecular weight excluding hydrogens is 242 g/mol. The van der Waals surface area contributed by atoms with Crippen LogP contribution in [0, 0.1) is 23.7 Å². The fourth-order valence-corrected chi connectivity index (χ4v) is 3.11. The lowest BCUT2D eigenvalue weighted by Crippen LogP contribution is -2.47. The van der Waals surface area contributed by atoms with Crippen molar-refractivity contribution in [2.75, 3.05) is 6.61 Å². The van der Waals surface area contributed by atoms with E-state index in [0.717, 1.165) is 19.3 Å². The lowest BCUT2D eigenvalue weighted by molar-refractivity contribution is -0.149. The third kappa shape index (κ3) is 4.03. The second kappa shape index (κ2) is 7.04. The van der Waals surface area contributed by atoms with Gasteiger partial charge < -0.3 is 10.5 Å². The van der Waals surface area contributed by atoms with E-state index < -0.39 is 12.0 Å². The zero-order valence-corrected chi connectivity index (χ0v) is 12.5. The molecule has 0 aromatic rings. The van der Waals surface area contributed by atoms with E-state index in [1.165, 1.54) is 0 Å². The Hall–Kier alpha value is -0.900. The van der Waals surface area contributed by atoms with Crippen LogP contribution in [0.5, 0.6) is 0 Å². The summed E-state index contributed by atoms with van der Waals surface area (Å²) in [5, 5.41) is 0. The standard InChI is InChI=1S/C15H27NO3/c1-5-19-15(18)13(16)14(17)12-8-10(4)6-7-11(12)9(2)3/h9-13H,5-8,16H2,1-4H3. The topological polar surface area (TPSA) is 69.4 Å². The Labute approximate surface area is 116 Å². The molecule has 19 heavy (non-hydrogen) atoms. The van der Waals surface area contributed by atoms with E-state index in [-0.39, 0.29) is 18.3 Å². The van der Waals surface area contributed by atoms with Crippen LogP contribution < -0.4 is 5.73 Å². The smallest absolute Gasteiger partial charge is 0.330 e. The van der Waals surface area contributed by atoms with Crippen LogP contribution in [0.15, 0.2) is 0 Å². The summed E-state index contributed by atoms with van der Waals surface area (Å²) in [6.07, 6.45) is 3.04. The van der Waals surface area contributed by atoms with Gasteiger partial charge in [0, 0.05) is 5.92 Å². The summed E-state index contributed by atoms with van der Waals surface area (Å²) >= 11 is 0. The van der Waals surface area contributed by atoms with E-state index in [0.29, 0.717) is 17.8 Å². The van der Waals surface area contributed by atoms with Gasteiger partial charge in [-0.1, -0.05) is 27.2 Å². The minimum absolute atomic E-state index is 0.0943. The Kier molecular flexibility index (Phi) is 5.98. The van der Waals surface area contributed by atoms with E-state index in [1.807, 2.05) is 0 Å². The number of ketones is 1.